The van der Waals surface area contributed by atoms with Crippen LogP contribution in [0, 0.1) is 18.6 Å². The maximum absolute atomic E-state index is 13.9. The van der Waals surface area contributed by atoms with Crippen LogP contribution in [0.4, 0.5) is 8.78 Å². The van der Waals surface area contributed by atoms with Crippen molar-refractivity contribution >= 4 is 15.9 Å². The summed E-state index contributed by atoms with van der Waals surface area (Å²) in [5.41, 5.74) is 7.75. The molecule has 0 saturated carbocycles. The highest BCUT2D eigenvalue weighted by molar-refractivity contribution is 9.10. The number of rotatable bonds is 3. The van der Waals surface area contributed by atoms with Gasteiger partial charge in [0.05, 0.1) is 17.6 Å². The number of ether oxygens (including phenoxy) is 1. The van der Waals surface area contributed by atoms with Crippen molar-refractivity contribution in [3.63, 3.8) is 0 Å². The molecule has 0 fully saturated rings. The molecule has 20 heavy (non-hydrogen) atoms. The van der Waals surface area contributed by atoms with Crippen molar-refractivity contribution in [2.75, 3.05) is 7.11 Å². The highest BCUT2D eigenvalue weighted by Crippen LogP contribution is 2.29. The standard InChI is InChI=1S/C15H14BrF2NO/c1-8-3-4-9(5-14(8)20-2)15(19)10-6-13(18)11(16)7-12(10)17/h3-7,15H,19H2,1-2H3. The van der Waals surface area contributed by atoms with E-state index < -0.39 is 17.7 Å². The average Bonchev–Trinajstić information content (AvgIpc) is 2.42. The molecule has 0 spiro atoms. The lowest BCUT2D eigenvalue weighted by molar-refractivity contribution is 0.411. The zero-order chi connectivity index (χ0) is 14.9. The summed E-state index contributed by atoms with van der Waals surface area (Å²) in [6.45, 7) is 1.90. The molecule has 0 aliphatic heterocycles. The van der Waals surface area contributed by atoms with Crippen molar-refractivity contribution in [3.8, 4) is 5.75 Å². The van der Waals surface area contributed by atoms with Gasteiger partial charge in [-0.25, -0.2) is 8.78 Å². The molecular weight excluding hydrogens is 328 g/mol. The van der Waals surface area contributed by atoms with Gasteiger partial charge in [0.1, 0.15) is 17.4 Å². The van der Waals surface area contributed by atoms with Gasteiger partial charge in [-0.2, -0.15) is 0 Å². The SMILES string of the molecule is COc1cc(C(N)c2cc(F)c(Br)cc2F)ccc1C. The fraction of sp³-hybridized carbons (Fsp3) is 0.200. The van der Waals surface area contributed by atoms with Crippen molar-refractivity contribution < 1.29 is 13.5 Å². The van der Waals surface area contributed by atoms with Crippen LogP contribution < -0.4 is 10.5 Å². The third kappa shape index (κ3) is 2.83. The summed E-state index contributed by atoms with van der Waals surface area (Å²) in [5, 5.41) is 0. The minimum absolute atomic E-state index is 0.0763. The van der Waals surface area contributed by atoms with Crippen LogP contribution in [0.3, 0.4) is 0 Å². The lowest BCUT2D eigenvalue weighted by Crippen LogP contribution is -2.14. The molecule has 5 heteroatoms. The van der Waals surface area contributed by atoms with Gasteiger partial charge in [-0.05, 0) is 52.2 Å². The summed E-state index contributed by atoms with van der Waals surface area (Å²) < 4.78 is 32.8. The second-order valence-electron chi connectivity index (χ2n) is 4.49. The first-order chi connectivity index (χ1) is 9.43. The number of hydrogen-bond donors (Lipinski definition) is 1. The Hall–Kier alpha value is -1.46. The van der Waals surface area contributed by atoms with Gasteiger partial charge in [0.2, 0.25) is 0 Å². The van der Waals surface area contributed by atoms with Crippen molar-refractivity contribution in [3.05, 3.63) is 63.1 Å². The third-order valence-corrected chi connectivity index (χ3v) is 3.77. The molecule has 0 bridgehead atoms. The van der Waals surface area contributed by atoms with E-state index in [4.69, 9.17) is 10.5 Å². The van der Waals surface area contributed by atoms with Crippen LogP contribution in [0.2, 0.25) is 0 Å². The Morgan fingerprint density at radius 1 is 1.15 bits per heavy atom. The van der Waals surface area contributed by atoms with E-state index in [1.807, 2.05) is 13.0 Å². The van der Waals surface area contributed by atoms with Gasteiger partial charge in [-0.3, -0.25) is 0 Å². The number of benzene rings is 2. The maximum Gasteiger partial charge on any atom is 0.137 e. The quantitative estimate of drug-likeness (QED) is 0.853. The van der Waals surface area contributed by atoms with E-state index in [9.17, 15) is 8.78 Å². The van der Waals surface area contributed by atoms with E-state index in [1.165, 1.54) is 0 Å². The van der Waals surface area contributed by atoms with Gasteiger partial charge >= 0.3 is 0 Å². The van der Waals surface area contributed by atoms with E-state index in [2.05, 4.69) is 15.9 Å². The van der Waals surface area contributed by atoms with Gasteiger partial charge < -0.3 is 10.5 Å². The fourth-order valence-corrected chi connectivity index (χ4v) is 2.30. The molecule has 0 aromatic heterocycles. The molecule has 0 saturated heterocycles. The Balaban J connectivity index is 2.46. The summed E-state index contributed by atoms with van der Waals surface area (Å²) in [6.07, 6.45) is 0. The smallest absolute Gasteiger partial charge is 0.137 e. The Labute approximate surface area is 124 Å². The monoisotopic (exact) mass is 341 g/mol. The zero-order valence-corrected chi connectivity index (χ0v) is 12.7. The number of aryl methyl sites for hydroxylation is 1. The van der Waals surface area contributed by atoms with Crippen LogP contribution in [-0.2, 0) is 0 Å². The van der Waals surface area contributed by atoms with E-state index in [1.54, 1.807) is 19.2 Å². The molecule has 0 amide bonds. The second-order valence-corrected chi connectivity index (χ2v) is 5.35. The first-order valence-electron chi connectivity index (χ1n) is 5.98. The van der Waals surface area contributed by atoms with E-state index in [0.29, 0.717) is 11.3 Å². The van der Waals surface area contributed by atoms with Crippen LogP contribution in [0.1, 0.15) is 22.7 Å². The predicted molar refractivity (Wildman–Crippen MR) is 77.8 cm³/mol. The first-order valence-corrected chi connectivity index (χ1v) is 6.78. The minimum Gasteiger partial charge on any atom is -0.496 e. The highest BCUT2D eigenvalue weighted by atomic mass is 79.9. The minimum atomic E-state index is -0.757. The molecule has 106 valence electrons. The van der Waals surface area contributed by atoms with Crippen molar-refractivity contribution in [1.82, 2.24) is 0 Å². The molecule has 2 N–H and O–H groups in total. The molecular formula is C15H14BrF2NO. The summed E-state index contributed by atoms with van der Waals surface area (Å²) in [6, 6.07) is 6.78. The van der Waals surface area contributed by atoms with Crippen molar-refractivity contribution in [2.24, 2.45) is 5.73 Å². The first kappa shape index (κ1) is 14.9. The fourth-order valence-electron chi connectivity index (χ4n) is 1.99. The largest absolute Gasteiger partial charge is 0.496 e. The Morgan fingerprint density at radius 2 is 1.85 bits per heavy atom. The molecule has 0 heterocycles. The molecule has 0 aliphatic carbocycles. The highest BCUT2D eigenvalue weighted by Gasteiger charge is 2.17. The van der Waals surface area contributed by atoms with Gasteiger partial charge in [-0.1, -0.05) is 12.1 Å². The summed E-state index contributed by atoms with van der Waals surface area (Å²) in [5.74, 6) is -0.433. The molecule has 2 nitrogen and oxygen atoms in total. The van der Waals surface area contributed by atoms with Crippen LogP contribution in [0.25, 0.3) is 0 Å². The topological polar surface area (TPSA) is 35.2 Å². The molecule has 1 atom stereocenters. The van der Waals surface area contributed by atoms with Gasteiger partial charge in [0, 0.05) is 5.56 Å². The molecule has 2 rings (SSSR count). The van der Waals surface area contributed by atoms with Gasteiger partial charge in [-0.15, -0.1) is 0 Å². The van der Waals surface area contributed by atoms with Crippen LogP contribution in [0.15, 0.2) is 34.8 Å². The Morgan fingerprint density at radius 3 is 2.50 bits per heavy atom. The Kier molecular flexibility index (Phi) is 4.40. The summed E-state index contributed by atoms with van der Waals surface area (Å²) >= 11 is 2.94. The van der Waals surface area contributed by atoms with Crippen LogP contribution in [0.5, 0.6) is 5.75 Å². The van der Waals surface area contributed by atoms with E-state index in [-0.39, 0.29) is 10.0 Å². The maximum atomic E-state index is 13.9. The molecule has 0 radical (unpaired) electrons. The van der Waals surface area contributed by atoms with E-state index >= 15 is 0 Å². The molecule has 2 aromatic rings. The summed E-state index contributed by atoms with van der Waals surface area (Å²) in [7, 11) is 1.55. The van der Waals surface area contributed by atoms with Crippen molar-refractivity contribution in [1.29, 1.82) is 0 Å². The average molecular weight is 342 g/mol. The predicted octanol–water partition coefficient (Wildman–Crippen LogP) is 4.09. The third-order valence-electron chi connectivity index (χ3n) is 3.17. The zero-order valence-electron chi connectivity index (χ0n) is 11.1. The van der Waals surface area contributed by atoms with Gasteiger partial charge in [0.15, 0.2) is 0 Å². The molecule has 2 aromatic carbocycles. The van der Waals surface area contributed by atoms with Gasteiger partial charge in [0.25, 0.3) is 0 Å². The summed E-state index contributed by atoms with van der Waals surface area (Å²) in [4.78, 5) is 0. The molecule has 1 unspecified atom stereocenters. The second kappa shape index (κ2) is 5.89. The number of methoxy groups -OCH3 is 1. The number of hydrogen-bond acceptors (Lipinski definition) is 2. The van der Waals surface area contributed by atoms with Crippen molar-refractivity contribution in [2.45, 2.75) is 13.0 Å². The van der Waals surface area contributed by atoms with Crippen LogP contribution >= 0.6 is 15.9 Å². The molecule has 0 aliphatic rings. The van der Waals surface area contributed by atoms with E-state index in [0.717, 1.165) is 17.7 Å². The van der Waals surface area contributed by atoms with Crippen LogP contribution in [-0.4, -0.2) is 7.11 Å². The lowest BCUT2D eigenvalue weighted by atomic mass is 9.97. The lowest BCUT2D eigenvalue weighted by Gasteiger charge is -2.16. The normalized spacial score (nSPS) is 12.3. The number of nitrogens with two attached hydrogens (primary N) is 1. The Bertz CT molecular complexity index is 646. The number of halogens is 3.